The maximum atomic E-state index is 11.5. The molecule has 0 spiro atoms. The Labute approximate surface area is 135 Å². The van der Waals surface area contributed by atoms with Gasteiger partial charge in [0.15, 0.2) is 0 Å². The summed E-state index contributed by atoms with van der Waals surface area (Å²) in [6, 6.07) is 6.67. The summed E-state index contributed by atoms with van der Waals surface area (Å²) in [6.07, 6.45) is -0.295. The SMILES string of the molecule is COOSc1nnc(-c2ccc(NC(=O)CCC(=O)O)cc2)o1. The highest BCUT2D eigenvalue weighted by Crippen LogP contribution is 2.24. The Kier molecular flexibility index (Phi) is 6.09. The van der Waals surface area contributed by atoms with Gasteiger partial charge >= 0.3 is 11.2 Å². The van der Waals surface area contributed by atoms with Crippen molar-refractivity contribution >= 4 is 29.6 Å². The number of amides is 1. The molecule has 10 heteroatoms. The molecule has 23 heavy (non-hydrogen) atoms. The molecular weight excluding hydrogens is 326 g/mol. The number of carboxylic acids is 1. The van der Waals surface area contributed by atoms with E-state index in [1.807, 2.05) is 0 Å². The van der Waals surface area contributed by atoms with Gasteiger partial charge in [-0.2, -0.15) is 4.33 Å². The molecule has 0 saturated carbocycles. The van der Waals surface area contributed by atoms with Crippen molar-refractivity contribution in [2.45, 2.75) is 18.1 Å². The van der Waals surface area contributed by atoms with Gasteiger partial charge in [-0.05, 0) is 24.3 Å². The minimum atomic E-state index is -1.02. The Morgan fingerprint density at radius 2 is 2.00 bits per heavy atom. The van der Waals surface area contributed by atoms with Gasteiger partial charge in [0.05, 0.1) is 13.5 Å². The van der Waals surface area contributed by atoms with Crippen molar-refractivity contribution in [2.75, 3.05) is 12.4 Å². The van der Waals surface area contributed by atoms with Crippen LogP contribution in [0.4, 0.5) is 5.69 Å². The smallest absolute Gasteiger partial charge is 0.307 e. The molecule has 1 aromatic heterocycles. The summed E-state index contributed by atoms with van der Waals surface area (Å²) >= 11 is 0.788. The Hall–Kier alpha value is -2.43. The van der Waals surface area contributed by atoms with E-state index in [4.69, 9.17) is 9.52 Å². The van der Waals surface area contributed by atoms with E-state index in [0.29, 0.717) is 11.3 Å². The van der Waals surface area contributed by atoms with Gasteiger partial charge in [0.2, 0.25) is 11.8 Å². The lowest BCUT2D eigenvalue weighted by Crippen LogP contribution is -2.13. The van der Waals surface area contributed by atoms with E-state index in [-0.39, 0.29) is 29.9 Å². The first-order chi connectivity index (χ1) is 11.1. The summed E-state index contributed by atoms with van der Waals surface area (Å²) in [5.41, 5.74) is 1.20. The van der Waals surface area contributed by atoms with Crippen LogP contribution in [0, 0.1) is 0 Å². The second kappa shape index (κ2) is 8.27. The molecular formula is C13H13N3O6S. The standard InChI is InChI=1S/C13H13N3O6S/c1-20-22-23-13-16-15-12(21-13)8-2-4-9(5-3-8)14-10(17)6-7-11(18)19/h2-5H,6-7H2,1H3,(H,14,17)(H,18,19). The Morgan fingerprint density at radius 3 is 2.65 bits per heavy atom. The van der Waals surface area contributed by atoms with Crippen molar-refractivity contribution in [2.24, 2.45) is 0 Å². The molecule has 0 fully saturated rings. The fraction of sp³-hybridized carbons (Fsp3) is 0.231. The zero-order valence-corrected chi connectivity index (χ0v) is 12.8. The molecule has 2 N–H and O–H groups in total. The van der Waals surface area contributed by atoms with E-state index < -0.39 is 5.97 Å². The number of nitrogens with zero attached hydrogens (tertiary/aromatic N) is 2. The first-order valence-corrected chi connectivity index (χ1v) is 7.15. The van der Waals surface area contributed by atoms with Crippen LogP contribution in [-0.4, -0.2) is 34.3 Å². The van der Waals surface area contributed by atoms with Gasteiger partial charge in [0.25, 0.3) is 0 Å². The zero-order valence-electron chi connectivity index (χ0n) is 12.0. The lowest BCUT2D eigenvalue weighted by molar-refractivity contribution is -0.161. The highest BCUT2D eigenvalue weighted by atomic mass is 32.2. The van der Waals surface area contributed by atoms with Gasteiger partial charge in [-0.3, -0.25) is 9.59 Å². The monoisotopic (exact) mass is 339 g/mol. The summed E-state index contributed by atoms with van der Waals surface area (Å²) in [5.74, 6) is -1.10. The molecule has 1 heterocycles. The molecule has 0 aliphatic carbocycles. The summed E-state index contributed by atoms with van der Waals surface area (Å²) in [6.45, 7) is 0. The second-order valence-corrected chi connectivity index (χ2v) is 4.86. The number of aliphatic carboxylic acids is 1. The third kappa shape index (κ3) is 5.36. The van der Waals surface area contributed by atoms with Gasteiger partial charge < -0.3 is 14.8 Å². The highest BCUT2D eigenvalue weighted by molar-refractivity contribution is 7.94. The van der Waals surface area contributed by atoms with E-state index in [0.717, 1.165) is 12.0 Å². The summed E-state index contributed by atoms with van der Waals surface area (Å²) < 4.78 is 9.94. The first-order valence-electron chi connectivity index (χ1n) is 6.41. The lowest BCUT2D eigenvalue weighted by atomic mass is 10.2. The predicted molar refractivity (Wildman–Crippen MR) is 79.2 cm³/mol. The molecule has 1 aromatic carbocycles. The van der Waals surface area contributed by atoms with Crippen LogP contribution in [0.1, 0.15) is 12.8 Å². The number of anilines is 1. The van der Waals surface area contributed by atoms with Crippen LogP contribution in [-0.2, 0) is 18.8 Å². The van der Waals surface area contributed by atoms with Gasteiger partial charge in [0.1, 0.15) is 12.0 Å². The maximum absolute atomic E-state index is 11.5. The van der Waals surface area contributed by atoms with E-state index in [9.17, 15) is 9.59 Å². The van der Waals surface area contributed by atoms with Crippen LogP contribution < -0.4 is 5.32 Å². The molecule has 122 valence electrons. The minimum absolute atomic E-state index is 0.0825. The minimum Gasteiger partial charge on any atom is -0.481 e. The first kappa shape index (κ1) is 16.9. The molecule has 0 radical (unpaired) electrons. The predicted octanol–water partition coefficient (Wildman–Crippen LogP) is 2.12. The Morgan fingerprint density at radius 1 is 1.26 bits per heavy atom. The summed E-state index contributed by atoms with van der Waals surface area (Å²) in [5, 5.41) is 18.9. The lowest BCUT2D eigenvalue weighted by Gasteiger charge is -2.04. The quantitative estimate of drug-likeness (QED) is 0.422. The van der Waals surface area contributed by atoms with Crippen LogP contribution in [0.2, 0.25) is 0 Å². The third-order valence-corrected chi connectivity index (χ3v) is 3.07. The molecule has 2 aromatic rings. The zero-order chi connectivity index (χ0) is 16.7. The van der Waals surface area contributed by atoms with E-state index in [1.54, 1.807) is 24.3 Å². The van der Waals surface area contributed by atoms with Crippen molar-refractivity contribution in [3.63, 3.8) is 0 Å². The van der Waals surface area contributed by atoms with Crippen LogP contribution in [0.5, 0.6) is 0 Å². The van der Waals surface area contributed by atoms with Crippen molar-refractivity contribution in [1.82, 2.24) is 10.2 Å². The van der Waals surface area contributed by atoms with E-state index in [2.05, 4.69) is 24.7 Å². The largest absolute Gasteiger partial charge is 0.481 e. The Bertz CT molecular complexity index is 673. The fourth-order valence-electron chi connectivity index (χ4n) is 1.56. The van der Waals surface area contributed by atoms with Crippen molar-refractivity contribution in [3.05, 3.63) is 24.3 Å². The fourth-order valence-corrected chi connectivity index (χ4v) is 1.88. The molecule has 0 saturated heterocycles. The van der Waals surface area contributed by atoms with Gasteiger partial charge in [0, 0.05) is 17.7 Å². The molecule has 0 atom stereocenters. The van der Waals surface area contributed by atoms with E-state index in [1.165, 1.54) is 7.11 Å². The molecule has 0 aliphatic heterocycles. The van der Waals surface area contributed by atoms with Crippen LogP contribution >= 0.6 is 12.0 Å². The average Bonchev–Trinajstić information content (AvgIpc) is 3.00. The Balaban J connectivity index is 1.95. The molecule has 9 nitrogen and oxygen atoms in total. The number of carboxylic acid groups (broad SMARTS) is 1. The third-order valence-electron chi connectivity index (χ3n) is 2.56. The summed E-state index contributed by atoms with van der Waals surface area (Å²) in [4.78, 5) is 26.3. The number of carbonyl (C=O) groups is 2. The van der Waals surface area contributed by atoms with Crippen LogP contribution in [0.25, 0.3) is 11.5 Å². The maximum Gasteiger partial charge on any atom is 0.307 e. The number of aromatic nitrogens is 2. The second-order valence-electron chi connectivity index (χ2n) is 4.21. The van der Waals surface area contributed by atoms with Crippen molar-refractivity contribution in [1.29, 1.82) is 0 Å². The normalized spacial score (nSPS) is 10.5. The molecule has 1 amide bonds. The highest BCUT2D eigenvalue weighted by Gasteiger charge is 2.11. The number of hydrogen-bond acceptors (Lipinski definition) is 8. The molecule has 0 unspecified atom stereocenters. The van der Waals surface area contributed by atoms with Crippen LogP contribution in [0.15, 0.2) is 33.9 Å². The van der Waals surface area contributed by atoms with Crippen molar-refractivity contribution < 1.29 is 28.3 Å². The number of nitrogens with one attached hydrogen (secondary N) is 1. The van der Waals surface area contributed by atoms with Crippen molar-refractivity contribution in [3.8, 4) is 11.5 Å². The number of carbonyl (C=O) groups excluding carboxylic acids is 1. The molecule has 2 rings (SSSR count). The van der Waals surface area contributed by atoms with E-state index >= 15 is 0 Å². The van der Waals surface area contributed by atoms with Gasteiger partial charge in [-0.25, -0.2) is 4.89 Å². The number of rotatable bonds is 8. The topological polar surface area (TPSA) is 124 Å². The van der Waals surface area contributed by atoms with Crippen LogP contribution in [0.3, 0.4) is 0 Å². The van der Waals surface area contributed by atoms with Gasteiger partial charge in [-0.1, -0.05) is 5.10 Å². The molecule has 0 bridgehead atoms. The van der Waals surface area contributed by atoms with Gasteiger partial charge in [-0.15, -0.1) is 5.10 Å². The number of hydrogen-bond donors (Lipinski definition) is 2. The molecule has 0 aliphatic rings. The average molecular weight is 339 g/mol. The number of benzene rings is 1. The summed E-state index contributed by atoms with van der Waals surface area (Å²) in [7, 11) is 1.35.